The van der Waals surface area contributed by atoms with Crippen LogP contribution in [0.1, 0.15) is 5.56 Å². The number of hydrogen-bond acceptors (Lipinski definition) is 4. The van der Waals surface area contributed by atoms with Crippen LogP contribution in [-0.4, -0.2) is 40.4 Å². The van der Waals surface area contributed by atoms with Crippen molar-refractivity contribution in [1.29, 1.82) is 0 Å². The number of rotatable bonds is 3. The van der Waals surface area contributed by atoms with Crippen molar-refractivity contribution in [2.75, 3.05) is 24.6 Å². The molecule has 1 aliphatic rings. The minimum absolute atomic E-state index is 0. The third kappa shape index (κ3) is 5.19. The predicted molar refractivity (Wildman–Crippen MR) is 97.7 cm³/mol. The first-order valence-electron chi connectivity index (χ1n) is 6.13. The number of non-ortho nitro benzene ring substituents is 1. The van der Waals surface area contributed by atoms with E-state index in [0.717, 1.165) is 30.2 Å². The van der Waals surface area contributed by atoms with Gasteiger partial charge in [-0.1, -0.05) is 11.6 Å². The van der Waals surface area contributed by atoms with E-state index in [9.17, 15) is 10.1 Å². The number of nitro benzene ring substituents is 1. The van der Waals surface area contributed by atoms with Crippen molar-refractivity contribution in [3.63, 3.8) is 0 Å². The van der Waals surface area contributed by atoms with Gasteiger partial charge in [0.2, 0.25) is 0 Å². The largest absolute Gasteiger partial charge is 0.370 e. The van der Waals surface area contributed by atoms with E-state index >= 15 is 0 Å². The normalized spacial score (nSPS) is 15.5. The van der Waals surface area contributed by atoms with E-state index in [1.165, 1.54) is 12.1 Å². The molecule has 0 spiro atoms. The van der Waals surface area contributed by atoms with Crippen LogP contribution < -0.4 is 5.73 Å². The topological polar surface area (TPSA) is 84.8 Å². The van der Waals surface area contributed by atoms with Gasteiger partial charge in [-0.3, -0.25) is 10.1 Å². The maximum absolute atomic E-state index is 10.6. The van der Waals surface area contributed by atoms with Crippen molar-refractivity contribution in [2.24, 2.45) is 10.7 Å². The summed E-state index contributed by atoms with van der Waals surface area (Å²) in [6.07, 6.45) is 0. The molecule has 1 aliphatic heterocycles. The fourth-order valence-electron chi connectivity index (χ4n) is 1.84. The highest BCUT2D eigenvalue weighted by molar-refractivity contribution is 14.0. The Kier molecular flexibility index (Phi) is 7.53. The van der Waals surface area contributed by atoms with Crippen LogP contribution in [0.25, 0.3) is 0 Å². The van der Waals surface area contributed by atoms with Gasteiger partial charge in [-0.25, -0.2) is 4.99 Å². The summed E-state index contributed by atoms with van der Waals surface area (Å²) >= 11 is 7.91. The molecule has 116 valence electrons. The minimum atomic E-state index is -0.474. The SMILES string of the molecule is I.NC(=NCc1ccc([N+](=O)[O-])cc1Cl)N1CCSCC1. The van der Waals surface area contributed by atoms with Crippen LogP contribution in [-0.2, 0) is 6.54 Å². The monoisotopic (exact) mass is 442 g/mol. The number of nitrogens with two attached hydrogens (primary N) is 1. The average Bonchev–Trinajstić information content (AvgIpc) is 2.46. The lowest BCUT2D eigenvalue weighted by Gasteiger charge is -2.27. The quantitative estimate of drug-likeness (QED) is 0.256. The summed E-state index contributed by atoms with van der Waals surface area (Å²) < 4.78 is 0. The molecule has 0 amide bonds. The third-order valence-electron chi connectivity index (χ3n) is 2.99. The lowest BCUT2D eigenvalue weighted by Crippen LogP contribution is -2.42. The van der Waals surface area contributed by atoms with Gasteiger partial charge in [0.25, 0.3) is 5.69 Å². The van der Waals surface area contributed by atoms with Gasteiger partial charge >= 0.3 is 0 Å². The number of nitro groups is 1. The van der Waals surface area contributed by atoms with E-state index in [-0.39, 0.29) is 29.7 Å². The highest BCUT2D eigenvalue weighted by atomic mass is 127. The molecule has 6 nitrogen and oxygen atoms in total. The molecule has 2 N–H and O–H groups in total. The summed E-state index contributed by atoms with van der Waals surface area (Å²) in [5, 5.41) is 11.0. The highest BCUT2D eigenvalue weighted by Gasteiger charge is 2.13. The maximum atomic E-state index is 10.6. The smallest absolute Gasteiger partial charge is 0.270 e. The number of nitrogens with zero attached hydrogens (tertiary/aromatic N) is 3. The fraction of sp³-hybridized carbons (Fsp3) is 0.417. The van der Waals surface area contributed by atoms with Gasteiger partial charge in [-0.15, -0.1) is 24.0 Å². The van der Waals surface area contributed by atoms with Crippen molar-refractivity contribution in [3.8, 4) is 0 Å². The molecule has 0 saturated carbocycles. The van der Waals surface area contributed by atoms with E-state index < -0.39 is 4.92 Å². The van der Waals surface area contributed by atoms with E-state index in [2.05, 4.69) is 4.99 Å². The Labute approximate surface area is 149 Å². The van der Waals surface area contributed by atoms with E-state index in [0.29, 0.717) is 17.5 Å². The molecule has 1 heterocycles. The summed E-state index contributed by atoms with van der Waals surface area (Å²) in [4.78, 5) is 16.5. The Morgan fingerprint density at radius 2 is 2.14 bits per heavy atom. The molecule has 0 aliphatic carbocycles. The number of hydrogen-bond donors (Lipinski definition) is 1. The van der Waals surface area contributed by atoms with Gasteiger partial charge in [0.1, 0.15) is 0 Å². The Bertz CT molecular complexity index is 538. The van der Waals surface area contributed by atoms with Crippen molar-refractivity contribution >= 4 is 59.0 Å². The second-order valence-corrected chi connectivity index (χ2v) is 5.94. The van der Waals surface area contributed by atoms with Gasteiger partial charge in [0, 0.05) is 36.7 Å². The number of halogens is 2. The molecule has 0 atom stereocenters. The van der Waals surface area contributed by atoms with E-state index in [1.54, 1.807) is 6.07 Å². The zero-order chi connectivity index (χ0) is 14.5. The summed E-state index contributed by atoms with van der Waals surface area (Å²) in [6, 6.07) is 4.37. The molecule has 21 heavy (non-hydrogen) atoms. The van der Waals surface area contributed by atoms with E-state index in [4.69, 9.17) is 17.3 Å². The van der Waals surface area contributed by atoms with Crippen molar-refractivity contribution in [3.05, 3.63) is 38.9 Å². The number of guanidine groups is 1. The summed E-state index contributed by atoms with van der Waals surface area (Å²) in [5.41, 5.74) is 6.64. The van der Waals surface area contributed by atoms with Crippen LogP contribution in [0, 0.1) is 10.1 Å². The zero-order valence-corrected chi connectivity index (χ0v) is 15.1. The van der Waals surface area contributed by atoms with Crippen molar-refractivity contribution in [2.45, 2.75) is 6.54 Å². The van der Waals surface area contributed by atoms with Crippen LogP contribution in [0.3, 0.4) is 0 Å². The zero-order valence-electron chi connectivity index (χ0n) is 11.2. The van der Waals surface area contributed by atoms with Crippen LogP contribution in [0.4, 0.5) is 5.69 Å². The number of thioether (sulfide) groups is 1. The molecule has 0 bridgehead atoms. The van der Waals surface area contributed by atoms with Crippen molar-refractivity contribution in [1.82, 2.24) is 4.90 Å². The maximum Gasteiger partial charge on any atom is 0.270 e. The summed E-state index contributed by atoms with van der Waals surface area (Å²) in [7, 11) is 0. The second-order valence-electron chi connectivity index (χ2n) is 4.31. The molecule has 1 aromatic rings. The van der Waals surface area contributed by atoms with Gasteiger partial charge in [0.15, 0.2) is 5.96 Å². The molecule has 2 rings (SSSR count). The fourth-order valence-corrected chi connectivity index (χ4v) is 2.97. The number of benzene rings is 1. The van der Waals surface area contributed by atoms with Crippen LogP contribution in [0.5, 0.6) is 0 Å². The third-order valence-corrected chi connectivity index (χ3v) is 4.29. The minimum Gasteiger partial charge on any atom is -0.370 e. The molecule has 9 heteroatoms. The standard InChI is InChI=1S/C12H15ClN4O2S.HI/c13-11-7-10(17(18)19)2-1-9(11)8-15-12(14)16-3-5-20-6-4-16;/h1-2,7H,3-6,8H2,(H2,14,15);1H. The van der Waals surface area contributed by atoms with Gasteiger partial charge in [-0.2, -0.15) is 11.8 Å². The molecule has 0 aromatic heterocycles. The predicted octanol–water partition coefficient (Wildman–Crippen LogP) is 2.73. The number of aliphatic imine (C=N–C) groups is 1. The van der Waals surface area contributed by atoms with Crippen molar-refractivity contribution < 1.29 is 4.92 Å². The van der Waals surface area contributed by atoms with Gasteiger partial charge < -0.3 is 10.6 Å². The van der Waals surface area contributed by atoms with E-state index in [1.807, 2.05) is 16.7 Å². The molecule has 1 saturated heterocycles. The summed E-state index contributed by atoms with van der Waals surface area (Å²) in [6.45, 7) is 2.12. The highest BCUT2D eigenvalue weighted by Crippen LogP contribution is 2.23. The van der Waals surface area contributed by atoms with Crippen LogP contribution in [0.2, 0.25) is 5.02 Å². The first kappa shape index (κ1) is 18.3. The molecular formula is C12H16ClIN4O2S. The Morgan fingerprint density at radius 3 is 2.71 bits per heavy atom. The average molecular weight is 443 g/mol. The van der Waals surface area contributed by atoms with Gasteiger partial charge in [-0.05, 0) is 11.6 Å². The van der Waals surface area contributed by atoms with Crippen LogP contribution in [0.15, 0.2) is 23.2 Å². The Morgan fingerprint density at radius 1 is 1.48 bits per heavy atom. The first-order valence-corrected chi connectivity index (χ1v) is 7.66. The van der Waals surface area contributed by atoms with Crippen LogP contribution >= 0.6 is 47.3 Å². The lowest BCUT2D eigenvalue weighted by atomic mass is 10.2. The summed E-state index contributed by atoms with van der Waals surface area (Å²) in [5.74, 6) is 2.60. The molecule has 1 aromatic carbocycles. The first-order chi connectivity index (χ1) is 9.58. The molecular weight excluding hydrogens is 427 g/mol. The van der Waals surface area contributed by atoms with Gasteiger partial charge in [0.05, 0.1) is 16.5 Å². The lowest BCUT2D eigenvalue weighted by molar-refractivity contribution is -0.384. The molecule has 0 unspecified atom stereocenters. The molecule has 0 radical (unpaired) electrons. The molecule has 1 fully saturated rings. The second kappa shape index (κ2) is 8.64. The Hall–Kier alpha value is -0.740. The Balaban J connectivity index is 0.00000220.